The number of alkyl halides is 3. The van der Waals surface area contributed by atoms with Crippen molar-refractivity contribution in [2.45, 2.75) is 58.7 Å². The third-order valence-corrected chi connectivity index (χ3v) is 4.87. The summed E-state index contributed by atoms with van der Waals surface area (Å²) >= 11 is 0. The predicted molar refractivity (Wildman–Crippen MR) is 95.3 cm³/mol. The number of ether oxygens (including phenoxy) is 1. The molecule has 150 valence electrons. The molecule has 1 heterocycles. The van der Waals surface area contributed by atoms with Gasteiger partial charge in [0.05, 0.1) is 5.56 Å². The first-order chi connectivity index (χ1) is 12.3. The van der Waals surface area contributed by atoms with Crippen LogP contribution in [0.25, 0.3) is 0 Å². The Morgan fingerprint density at radius 2 is 1.67 bits per heavy atom. The molecule has 0 saturated carbocycles. The summed E-state index contributed by atoms with van der Waals surface area (Å²) in [6, 6.07) is 5.17. The van der Waals surface area contributed by atoms with Gasteiger partial charge in [0, 0.05) is 24.9 Å². The fraction of sp³-hybridized carbons (Fsp3) is 0.600. The van der Waals surface area contributed by atoms with Crippen LogP contribution in [0.4, 0.5) is 18.0 Å². The molecule has 2 rings (SSSR count). The first kappa shape index (κ1) is 21.3. The smallest absolute Gasteiger partial charge is 0.416 e. The van der Waals surface area contributed by atoms with Gasteiger partial charge in [-0.05, 0) is 45.2 Å². The molecule has 0 N–H and O–H groups in total. The Balaban J connectivity index is 2.04. The summed E-state index contributed by atoms with van der Waals surface area (Å²) in [5.41, 5.74) is -2.13. The minimum Gasteiger partial charge on any atom is -0.444 e. The Morgan fingerprint density at radius 3 is 2.19 bits per heavy atom. The van der Waals surface area contributed by atoms with Gasteiger partial charge in [-0.3, -0.25) is 4.79 Å². The molecule has 0 unspecified atom stereocenters. The lowest BCUT2D eigenvalue weighted by Crippen LogP contribution is -2.47. The van der Waals surface area contributed by atoms with E-state index < -0.39 is 28.8 Å². The van der Waals surface area contributed by atoms with E-state index in [1.165, 1.54) is 18.2 Å². The SMILES string of the molecule is CC(C)(C)OC(=O)N1CCC(C)(C(=O)Cc2ccccc2C(F)(F)F)CC1. The van der Waals surface area contributed by atoms with Crippen LogP contribution in [0.15, 0.2) is 24.3 Å². The number of hydrogen-bond donors (Lipinski definition) is 0. The molecule has 7 heteroatoms. The number of benzene rings is 1. The topological polar surface area (TPSA) is 46.6 Å². The summed E-state index contributed by atoms with van der Waals surface area (Å²) in [5, 5.41) is 0. The number of likely N-dealkylation sites (tertiary alicyclic amines) is 1. The first-order valence-corrected chi connectivity index (χ1v) is 8.98. The monoisotopic (exact) mass is 385 g/mol. The number of piperidine rings is 1. The maximum Gasteiger partial charge on any atom is 0.416 e. The fourth-order valence-corrected chi connectivity index (χ4v) is 3.13. The summed E-state index contributed by atoms with van der Waals surface area (Å²) in [7, 11) is 0. The van der Waals surface area contributed by atoms with E-state index in [2.05, 4.69) is 0 Å². The van der Waals surface area contributed by atoms with Gasteiger partial charge in [-0.25, -0.2) is 4.79 Å². The minimum absolute atomic E-state index is 0.00852. The van der Waals surface area contributed by atoms with Crippen molar-refractivity contribution < 1.29 is 27.5 Å². The van der Waals surface area contributed by atoms with E-state index in [9.17, 15) is 22.8 Å². The lowest BCUT2D eigenvalue weighted by atomic mass is 9.74. The Morgan fingerprint density at radius 1 is 1.11 bits per heavy atom. The molecular formula is C20H26F3NO3. The largest absolute Gasteiger partial charge is 0.444 e. The van der Waals surface area contributed by atoms with Gasteiger partial charge in [-0.2, -0.15) is 13.2 Å². The lowest BCUT2D eigenvalue weighted by Gasteiger charge is -2.38. The highest BCUT2D eigenvalue weighted by Gasteiger charge is 2.40. The average Bonchev–Trinajstić information content (AvgIpc) is 2.53. The van der Waals surface area contributed by atoms with E-state index in [1.807, 2.05) is 0 Å². The van der Waals surface area contributed by atoms with Crippen molar-refractivity contribution >= 4 is 11.9 Å². The number of ketones is 1. The molecule has 0 atom stereocenters. The molecule has 1 saturated heterocycles. The summed E-state index contributed by atoms with van der Waals surface area (Å²) in [5.74, 6) is -0.233. The van der Waals surface area contributed by atoms with Crippen LogP contribution >= 0.6 is 0 Å². The van der Waals surface area contributed by atoms with Crippen LogP contribution in [0.3, 0.4) is 0 Å². The molecular weight excluding hydrogens is 359 g/mol. The van der Waals surface area contributed by atoms with Gasteiger partial charge in [-0.1, -0.05) is 25.1 Å². The molecule has 0 aromatic heterocycles. The van der Waals surface area contributed by atoms with Crippen molar-refractivity contribution in [3.63, 3.8) is 0 Å². The third-order valence-electron chi connectivity index (χ3n) is 4.87. The fourth-order valence-electron chi connectivity index (χ4n) is 3.13. The molecule has 1 aromatic rings. The number of rotatable bonds is 3. The standard InChI is InChI=1S/C20H26F3NO3/c1-18(2,3)27-17(26)24-11-9-19(4,10-12-24)16(25)13-14-7-5-6-8-15(14)20(21,22)23/h5-8H,9-13H2,1-4H3. The summed E-state index contributed by atoms with van der Waals surface area (Å²) in [4.78, 5) is 26.5. The van der Waals surface area contributed by atoms with Gasteiger partial charge < -0.3 is 9.64 Å². The van der Waals surface area contributed by atoms with E-state index in [1.54, 1.807) is 32.6 Å². The van der Waals surface area contributed by atoms with Gasteiger partial charge in [0.1, 0.15) is 11.4 Å². The van der Waals surface area contributed by atoms with Crippen LogP contribution < -0.4 is 0 Å². The highest BCUT2D eigenvalue weighted by atomic mass is 19.4. The Kier molecular flexibility index (Phi) is 5.92. The van der Waals surface area contributed by atoms with Crippen LogP contribution in [0.2, 0.25) is 0 Å². The van der Waals surface area contributed by atoms with E-state index in [-0.39, 0.29) is 17.8 Å². The molecule has 0 radical (unpaired) electrons. The summed E-state index contributed by atoms with van der Waals surface area (Å²) < 4.78 is 44.8. The highest BCUT2D eigenvalue weighted by Crippen LogP contribution is 2.36. The Bertz CT molecular complexity index is 699. The predicted octanol–water partition coefficient (Wildman–Crippen LogP) is 4.85. The van der Waals surface area contributed by atoms with Crippen LogP contribution in [0.5, 0.6) is 0 Å². The zero-order chi connectivity index (χ0) is 20.5. The maximum absolute atomic E-state index is 13.1. The molecule has 1 aliphatic rings. The Labute approximate surface area is 157 Å². The zero-order valence-electron chi connectivity index (χ0n) is 16.2. The van der Waals surface area contributed by atoms with E-state index >= 15 is 0 Å². The second kappa shape index (κ2) is 7.52. The number of carbonyl (C=O) groups excluding carboxylic acids is 2. The van der Waals surface area contributed by atoms with Crippen molar-refractivity contribution in [2.75, 3.05) is 13.1 Å². The molecule has 1 aliphatic heterocycles. The normalized spacial score (nSPS) is 17.5. The number of carbonyl (C=O) groups is 2. The molecule has 27 heavy (non-hydrogen) atoms. The second-order valence-corrected chi connectivity index (χ2v) is 8.28. The van der Waals surface area contributed by atoms with Crippen molar-refractivity contribution in [3.8, 4) is 0 Å². The van der Waals surface area contributed by atoms with Gasteiger partial charge in [0.2, 0.25) is 0 Å². The molecule has 0 spiro atoms. The minimum atomic E-state index is -4.49. The molecule has 4 nitrogen and oxygen atoms in total. The quantitative estimate of drug-likeness (QED) is 0.747. The number of amides is 1. The van der Waals surface area contributed by atoms with Crippen LogP contribution in [0.1, 0.15) is 51.7 Å². The molecule has 0 aliphatic carbocycles. The van der Waals surface area contributed by atoms with Gasteiger partial charge in [-0.15, -0.1) is 0 Å². The van der Waals surface area contributed by atoms with Crippen molar-refractivity contribution in [3.05, 3.63) is 35.4 Å². The van der Waals surface area contributed by atoms with Gasteiger partial charge >= 0.3 is 12.3 Å². The van der Waals surface area contributed by atoms with Crippen LogP contribution in [0, 0.1) is 5.41 Å². The van der Waals surface area contributed by atoms with Crippen LogP contribution in [-0.4, -0.2) is 35.5 Å². The van der Waals surface area contributed by atoms with E-state index in [0.717, 1.165) is 6.07 Å². The number of nitrogens with zero attached hydrogens (tertiary/aromatic N) is 1. The summed E-state index contributed by atoms with van der Waals surface area (Å²) in [6.07, 6.45) is -4.38. The number of hydrogen-bond acceptors (Lipinski definition) is 3. The Hall–Kier alpha value is -2.05. The van der Waals surface area contributed by atoms with Crippen LogP contribution in [-0.2, 0) is 22.1 Å². The average molecular weight is 385 g/mol. The molecule has 1 fully saturated rings. The third kappa shape index (κ3) is 5.47. The first-order valence-electron chi connectivity index (χ1n) is 8.98. The maximum atomic E-state index is 13.1. The molecule has 0 bridgehead atoms. The summed E-state index contributed by atoms with van der Waals surface area (Å²) in [6.45, 7) is 7.79. The van der Waals surface area contributed by atoms with E-state index in [0.29, 0.717) is 25.9 Å². The highest BCUT2D eigenvalue weighted by molar-refractivity contribution is 5.87. The van der Waals surface area contributed by atoms with Crippen molar-refractivity contribution in [1.82, 2.24) is 4.90 Å². The second-order valence-electron chi connectivity index (χ2n) is 8.28. The molecule has 1 amide bonds. The zero-order valence-corrected chi connectivity index (χ0v) is 16.2. The van der Waals surface area contributed by atoms with Crippen molar-refractivity contribution in [1.29, 1.82) is 0 Å². The van der Waals surface area contributed by atoms with E-state index in [4.69, 9.17) is 4.74 Å². The lowest BCUT2D eigenvalue weighted by molar-refractivity contribution is -0.138. The number of Topliss-reactive ketones (excluding diaryl/α,β-unsaturated/α-hetero) is 1. The number of halogens is 3. The van der Waals surface area contributed by atoms with Gasteiger partial charge in [0.15, 0.2) is 0 Å². The molecule has 1 aromatic carbocycles. The van der Waals surface area contributed by atoms with Gasteiger partial charge in [0.25, 0.3) is 0 Å². The van der Waals surface area contributed by atoms with Crippen molar-refractivity contribution in [2.24, 2.45) is 5.41 Å².